The van der Waals surface area contributed by atoms with Crippen LogP contribution in [-0.4, -0.2) is 38.7 Å². The average Bonchev–Trinajstić information content (AvgIpc) is 3.35. The van der Waals surface area contributed by atoms with E-state index in [1.807, 2.05) is 57.2 Å². The molecule has 2 atom stereocenters. The number of carbonyl (C=O) groups is 2. The number of nitrogens with zero attached hydrogens (tertiary/aromatic N) is 1. The molecule has 1 amide bonds. The highest BCUT2D eigenvalue weighted by molar-refractivity contribution is 5.89. The van der Waals surface area contributed by atoms with Crippen molar-refractivity contribution in [1.29, 1.82) is 0 Å². The maximum absolute atomic E-state index is 14.0. The number of carboxylic acid groups (broad SMARTS) is 1. The van der Waals surface area contributed by atoms with Crippen molar-refractivity contribution in [3.63, 3.8) is 0 Å². The number of fused-ring (bicyclic) bond motifs is 3. The first-order chi connectivity index (χ1) is 20.2. The number of carboxylic acids is 1. The van der Waals surface area contributed by atoms with Gasteiger partial charge in [0.2, 0.25) is 0 Å². The third kappa shape index (κ3) is 5.31. The van der Waals surface area contributed by atoms with Gasteiger partial charge in [-0.2, -0.15) is 0 Å². The summed E-state index contributed by atoms with van der Waals surface area (Å²) in [6.45, 7) is 5.50. The molecular formula is C36H40N2O4. The monoisotopic (exact) mass is 564 g/mol. The highest BCUT2D eigenvalue weighted by Crippen LogP contribution is 2.55. The molecule has 0 spiro atoms. The second kappa shape index (κ2) is 11.0. The molecule has 0 saturated heterocycles. The zero-order chi connectivity index (χ0) is 29.5. The van der Waals surface area contributed by atoms with E-state index in [-0.39, 0.29) is 11.8 Å². The van der Waals surface area contributed by atoms with Crippen molar-refractivity contribution in [3.05, 3.63) is 95.7 Å². The standard InChI is InChI=1S/C36H40N2O4/c1-35(2,3)42-34(41)38-30(33(39)40)22-28-27-14-8-9-15-29(27)37-31(28)32(38)36(20-10-5-11-21-36)23-24-16-18-26(19-17-24)25-12-6-4-7-13-25/h4,6-9,12-19,30,32,37H,5,10-11,20-23H2,1-3H3,(H,39,40)/t30-,32+/m1/s1. The second-order valence-electron chi connectivity index (χ2n) is 13.1. The Labute approximate surface area is 247 Å². The molecule has 4 aromatic rings. The molecule has 2 N–H and O–H groups in total. The number of aliphatic carboxylic acids is 1. The van der Waals surface area contributed by atoms with Crippen molar-refractivity contribution in [1.82, 2.24) is 9.88 Å². The Morgan fingerprint density at radius 2 is 1.55 bits per heavy atom. The lowest BCUT2D eigenvalue weighted by Crippen LogP contribution is -2.57. The third-order valence-corrected chi connectivity index (χ3v) is 9.07. The number of aromatic nitrogens is 1. The highest BCUT2D eigenvalue weighted by atomic mass is 16.6. The van der Waals surface area contributed by atoms with E-state index >= 15 is 0 Å². The van der Waals surface area contributed by atoms with Crippen molar-refractivity contribution in [2.24, 2.45) is 5.41 Å². The predicted molar refractivity (Wildman–Crippen MR) is 165 cm³/mol. The van der Waals surface area contributed by atoms with E-state index in [1.165, 1.54) is 11.1 Å². The van der Waals surface area contributed by atoms with Crippen LogP contribution in [0.25, 0.3) is 22.0 Å². The minimum atomic E-state index is -1.02. The normalized spacial score (nSPS) is 20.2. The summed E-state index contributed by atoms with van der Waals surface area (Å²) >= 11 is 0. The van der Waals surface area contributed by atoms with Crippen LogP contribution in [0, 0.1) is 5.41 Å². The summed E-state index contributed by atoms with van der Waals surface area (Å²) in [7, 11) is 0. The number of benzene rings is 3. The predicted octanol–water partition coefficient (Wildman–Crippen LogP) is 8.32. The van der Waals surface area contributed by atoms with Gasteiger partial charge in [-0.15, -0.1) is 0 Å². The van der Waals surface area contributed by atoms with Crippen molar-refractivity contribution in [2.75, 3.05) is 0 Å². The summed E-state index contributed by atoms with van der Waals surface area (Å²) in [4.78, 5) is 32.2. The van der Waals surface area contributed by atoms with E-state index in [1.54, 1.807) is 4.90 Å². The Bertz CT molecular complexity index is 1580. The molecule has 42 heavy (non-hydrogen) atoms. The highest BCUT2D eigenvalue weighted by Gasteiger charge is 2.53. The average molecular weight is 565 g/mol. The molecule has 2 aliphatic rings. The summed E-state index contributed by atoms with van der Waals surface area (Å²) < 4.78 is 5.94. The molecule has 1 fully saturated rings. The van der Waals surface area contributed by atoms with Crippen LogP contribution in [0.3, 0.4) is 0 Å². The number of hydrogen-bond donors (Lipinski definition) is 2. The lowest BCUT2D eigenvalue weighted by molar-refractivity contribution is -0.146. The molecule has 2 heterocycles. The number of ether oxygens (including phenoxy) is 1. The van der Waals surface area contributed by atoms with Crippen LogP contribution in [0.2, 0.25) is 0 Å². The van der Waals surface area contributed by atoms with E-state index in [0.29, 0.717) is 0 Å². The number of para-hydroxylation sites is 1. The van der Waals surface area contributed by atoms with E-state index < -0.39 is 29.7 Å². The number of nitrogens with one attached hydrogen (secondary N) is 1. The number of amides is 1. The maximum Gasteiger partial charge on any atom is 0.411 e. The van der Waals surface area contributed by atoms with E-state index in [0.717, 1.165) is 66.2 Å². The van der Waals surface area contributed by atoms with Crippen LogP contribution >= 0.6 is 0 Å². The van der Waals surface area contributed by atoms with Gasteiger partial charge in [-0.05, 0) is 68.4 Å². The molecular weight excluding hydrogens is 524 g/mol. The van der Waals surface area contributed by atoms with Crippen molar-refractivity contribution < 1.29 is 19.4 Å². The van der Waals surface area contributed by atoms with Gasteiger partial charge in [0.05, 0.1) is 6.04 Å². The molecule has 0 bridgehead atoms. The summed E-state index contributed by atoms with van der Waals surface area (Å²) in [5.41, 5.74) is 5.36. The third-order valence-electron chi connectivity index (χ3n) is 9.07. The Balaban J connectivity index is 1.49. The maximum atomic E-state index is 14.0. The first kappa shape index (κ1) is 28.1. The Morgan fingerprint density at radius 1 is 0.905 bits per heavy atom. The molecule has 1 aliphatic heterocycles. The molecule has 1 saturated carbocycles. The fraction of sp³-hybridized carbons (Fsp3) is 0.389. The van der Waals surface area contributed by atoms with Crippen LogP contribution in [0.1, 0.15) is 75.7 Å². The fourth-order valence-electron chi connectivity index (χ4n) is 7.29. The molecule has 0 radical (unpaired) electrons. The smallest absolute Gasteiger partial charge is 0.411 e. The summed E-state index contributed by atoms with van der Waals surface area (Å²) in [6.07, 6.45) is 5.43. The van der Waals surface area contributed by atoms with E-state index in [9.17, 15) is 14.7 Å². The number of hydrogen-bond acceptors (Lipinski definition) is 3. The van der Waals surface area contributed by atoms with Gasteiger partial charge in [0.15, 0.2) is 0 Å². The Kier molecular flexibility index (Phi) is 7.34. The molecule has 218 valence electrons. The Hall–Kier alpha value is -4.06. The minimum Gasteiger partial charge on any atom is -0.480 e. The fourth-order valence-corrected chi connectivity index (χ4v) is 7.29. The van der Waals surface area contributed by atoms with Gasteiger partial charge < -0.3 is 14.8 Å². The zero-order valence-electron chi connectivity index (χ0n) is 24.7. The van der Waals surface area contributed by atoms with Crippen LogP contribution in [0.15, 0.2) is 78.9 Å². The van der Waals surface area contributed by atoms with Gasteiger partial charge in [-0.3, -0.25) is 4.90 Å². The van der Waals surface area contributed by atoms with Gasteiger partial charge in [-0.25, -0.2) is 9.59 Å². The SMILES string of the molecule is CC(C)(C)OC(=O)N1[C@@H](C(=O)O)Cc2c([nH]c3ccccc23)[C@H]1C1(Cc2ccc(-c3ccccc3)cc2)CCCCC1. The van der Waals surface area contributed by atoms with E-state index in [2.05, 4.69) is 47.4 Å². The van der Waals surface area contributed by atoms with Crippen LogP contribution in [0.5, 0.6) is 0 Å². The molecule has 6 heteroatoms. The molecule has 1 aliphatic carbocycles. The van der Waals surface area contributed by atoms with Crippen LogP contribution in [0.4, 0.5) is 4.79 Å². The number of rotatable bonds is 5. The van der Waals surface area contributed by atoms with Gasteiger partial charge in [0.25, 0.3) is 0 Å². The van der Waals surface area contributed by atoms with Crippen LogP contribution in [-0.2, 0) is 22.4 Å². The van der Waals surface area contributed by atoms with Gasteiger partial charge >= 0.3 is 12.1 Å². The van der Waals surface area contributed by atoms with Crippen molar-refractivity contribution >= 4 is 23.0 Å². The molecule has 0 unspecified atom stereocenters. The van der Waals surface area contributed by atoms with Gasteiger partial charge in [0, 0.05) is 28.4 Å². The first-order valence-corrected chi connectivity index (χ1v) is 15.1. The molecule has 1 aromatic heterocycles. The topological polar surface area (TPSA) is 82.6 Å². The number of H-pyrrole nitrogens is 1. The largest absolute Gasteiger partial charge is 0.480 e. The lowest BCUT2D eigenvalue weighted by atomic mass is 9.63. The molecule has 6 rings (SSSR count). The van der Waals surface area contributed by atoms with Gasteiger partial charge in [0.1, 0.15) is 11.6 Å². The summed E-state index contributed by atoms with van der Waals surface area (Å²) in [5.74, 6) is -1.00. The summed E-state index contributed by atoms with van der Waals surface area (Å²) in [6, 6.07) is 25.7. The second-order valence-corrected chi connectivity index (χ2v) is 13.1. The number of aromatic amines is 1. The van der Waals surface area contributed by atoms with Crippen molar-refractivity contribution in [3.8, 4) is 11.1 Å². The molecule has 3 aromatic carbocycles. The van der Waals surface area contributed by atoms with E-state index in [4.69, 9.17) is 4.74 Å². The minimum absolute atomic E-state index is 0.242. The zero-order valence-corrected chi connectivity index (χ0v) is 24.7. The lowest BCUT2D eigenvalue weighted by Gasteiger charge is -2.51. The van der Waals surface area contributed by atoms with Crippen LogP contribution < -0.4 is 0 Å². The quantitative estimate of drug-likeness (QED) is 0.255. The summed E-state index contributed by atoms with van der Waals surface area (Å²) in [5, 5.41) is 11.6. The van der Waals surface area contributed by atoms with Gasteiger partial charge in [-0.1, -0.05) is 92.1 Å². The first-order valence-electron chi connectivity index (χ1n) is 15.1. The Morgan fingerprint density at radius 3 is 2.21 bits per heavy atom. The molecule has 6 nitrogen and oxygen atoms in total. The van der Waals surface area contributed by atoms with Crippen molar-refractivity contribution in [2.45, 2.75) is 83.4 Å². The number of carbonyl (C=O) groups excluding carboxylic acids is 1.